The highest BCUT2D eigenvalue weighted by Crippen LogP contribution is 2.12. The van der Waals surface area contributed by atoms with Gasteiger partial charge in [-0.05, 0) is 24.6 Å². The van der Waals surface area contributed by atoms with E-state index in [1.54, 1.807) is 11.8 Å². The van der Waals surface area contributed by atoms with Crippen LogP contribution in [0.3, 0.4) is 0 Å². The molecule has 1 amide bonds. The summed E-state index contributed by atoms with van der Waals surface area (Å²) in [7, 11) is 0. The predicted molar refractivity (Wildman–Crippen MR) is 76.2 cm³/mol. The molecule has 1 aromatic carbocycles. The van der Waals surface area contributed by atoms with Crippen molar-refractivity contribution in [1.82, 2.24) is 10.2 Å². The third-order valence-corrected chi connectivity index (χ3v) is 3.57. The lowest BCUT2D eigenvalue weighted by Crippen LogP contribution is -2.49. The number of nitrogens with zero attached hydrogens (tertiary/aromatic N) is 1. The first-order valence-electron chi connectivity index (χ1n) is 7.11. The number of aliphatic hydroxyl groups excluding tert-OH is 1. The van der Waals surface area contributed by atoms with Gasteiger partial charge in [-0.1, -0.05) is 12.1 Å². The molecule has 2 rings (SSSR count). The molecule has 116 valence electrons. The number of nitrogens with one attached hydrogen (secondary N) is 1. The number of carbonyl (C=O) groups is 1. The minimum Gasteiger partial charge on any atom is -0.387 e. The Hall–Kier alpha value is -1.50. The molecule has 1 aliphatic rings. The van der Waals surface area contributed by atoms with Crippen LogP contribution in [0.1, 0.15) is 18.6 Å². The Balaban J connectivity index is 1.81. The van der Waals surface area contributed by atoms with Gasteiger partial charge in [0.1, 0.15) is 5.82 Å². The summed E-state index contributed by atoms with van der Waals surface area (Å²) in [5, 5.41) is 13.0. The number of hydrogen-bond donors (Lipinski definition) is 2. The summed E-state index contributed by atoms with van der Waals surface area (Å²) in [5.41, 5.74) is 0.620. The second-order valence-corrected chi connectivity index (χ2v) is 5.13. The highest BCUT2D eigenvalue weighted by Gasteiger charge is 2.22. The number of hydrogen-bond acceptors (Lipinski definition) is 4. The SMILES string of the molecule is CC(NCC(O)c1ccc(F)cc1)C(=O)N1CCOCC1. The molecular weight excluding hydrogens is 275 g/mol. The molecule has 0 spiro atoms. The molecule has 1 aromatic rings. The highest BCUT2D eigenvalue weighted by atomic mass is 19.1. The number of morpholine rings is 1. The molecule has 0 bridgehead atoms. The van der Waals surface area contributed by atoms with E-state index in [2.05, 4.69) is 5.32 Å². The lowest BCUT2D eigenvalue weighted by atomic mass is 10.1. The number of benzene rings is 1. The van der Waals surface area contributed by atoms with E-state index in [0.29, 0.717) is 31.9 Å². The van der Waals surface area contributed by atoms with Gasteiger partial charge in [-0.25, -0.2) is 4.39 Å². The van der Waals surface area contributed by atoms with E-state index in [1.165, 1.54) is 24.3 Å². The van der Waals surface area contributed by atoms with E-state index < -0.39 is 6.10 Å². The molecule has 6 heteroatoms. The van der Waals surface area contributed by atoms with Crippen LogP contribution in [0.4, 0.5) is 4.39 Å². The molecule has 1 aliphatic heterocycles. The first kappa shape index (κ1) is 15.9. The van der Waals surface area contributed by atoms with Crippen LogP contribution in [-0.2, 0) is 9.53 Å². The zero-order chi connectivity index (χ0) is 15.2. The van der Waals surface area contributed by atoms with Gasteiger partial charge in [0.15, 0.2) is 0 Å². The lowest BCUT2D eigenvalue weighted by molar-refractivity contribution is -0.137. The van der Waals surface area contributed by atoms with Gasteiger partial charge in [-0.3, -0.25) is 4.79 Å². The van der Waals surface area contributed by atoms with E-state index in [-0.39, 0.29) is 24.3 Å². The molecule has 0 aromatic heterocycles. The first-order valence-corrected chi connectivity index (χ1v) is 7.11. The minimum atomic E-state index is -0.773. The van der Waals surface area contributed by atoms with Crippen LogP contribution in [0.25, 0.3) is 0 Å². The summed E-state index contributed by atoms with van der Waals surface area (Å²) >= 11 is 0. The zero-order valence-corrected chi connectivity index (χ0v) is 12.1. The third-order valence-electron chi connectivity index (χ3n) is 3.57. The molecule has 2 unspecified atom stereocenters. The molecule has 0 aliphatic carbocycles. The molecule has 0 radical (unpaired) electrons. The van der Waals surface area contributed by atoms with Crippen molar-refractivity contribution in [3.05, 3.63) is 35.6 Å². The number of ether oxygens (including phenoxy) is 1. The predicted octanol–water partition coefficient (Wildman–Crippen LogP) is 0.696. The Morgan fingerprint density at radius 3 is 2.62 bits per heavy atom. The maximum absolute atomic E-state index is 12.8. The summed E-state index contributed by atoms with van der Waals surface area (Å²) in [6.07, 6.45) is -0.773. The molecule has 1 heterocycles. The smallest absolute Gasteiger partial charge is 0.239 e. The number of aliphatic hydroxyl groups is 1. The van der Waals surface area contributed by atoms with Crippen molar-refractivity contribution in [2.24, 2.45) is 0 Å². The summed E-state index contributed by atoms with van der Waals surface area (Å²) in [6, 6.07) is 5.31. The summed E-state index contributed by atoms with van der Waals surface area (Å²) in [4.78, 5) is 13.9. The first-order chi connectivity index (χ1) is 10.1. The van der Waals surface area contributed by atoms with Crippen molar-refractivity contribution in [3.8, 4) is 0 Å². The number of halogens is 1. The van der Waals surface area contributed by atoms with E-state index in [4.69, 9.17) is 4.74 Å². The maximum atomic E-state index is 12.8. The Kier molecular flexibility index (Phi) is 5.67. The second-order valence-electron chi connectivity index (χ2n) is 5.13. The second kappa shape index (κ2) is 7.49. The average molecular weight is 296 g/mol. The maximum Gasteiger partial charge on any atom is 0.239 e. The van der Waals surface area contributed by atoms with Crippen LogP contribution in [0, 0.1) is 5.82 Å². The van der Waals surface area contributed by atoms with Crippen LogP contribution in [0.5, 0.6) is 0 Å². The Morgan fingerprint density at radius 2 is 2.00 bits per heavy atom. The van der Waals surface area contributed by atoms with Crippen molar-refractivity contribution >= 4 is 5.91 Å². The van der Waals surface area contributed by atoms with Crippen molar-refractivity contribution < 1.29 is 19.0 Å². The number of rotatable bonds is 5. The normalized spacial score (nSPS) is 18.3. The van der Waals surface area contributed by atoms with Crippen LogP contribution in [0.2, 0.25) is 0 Å². The molecule has 2 atom stereocenters. The van der Waals surface area contributed by atoms with Gasteiger partial charge in [0.05, 0.1) is 25.4 Å². The topological polar surface area (TPSA) is 61.8 Å². The summed E-state index contributed by atoms with van der Waals surface area (Å²) < 4.78 is 18.0. The van der Waals surface area contributed by atoms with Gasteiger partial charge in [0.2, 0.25) is 5.91 Å². The fraction of sp³-hybridized carbons (Fsp3) is 0.533. The molecule has 1 saturated heterocycles. The number of amides is 1. The molecular formula is C15H21FN2O3. The molecule has 1 fully saturated rings. The minimum absolute atomic E-state index is 0.00426. The van der Waals surface area contributed by atoms with Gasteiger partial charge in [-0.2, -0.15) is 0 Å². The summed E-state index contributed by atoms with van der Waals surface area (Å²) in [5.74, 6) is -0.334. The monoisotopic (exact) mass is 296 g/mol. The van der Waals surface area contributed by atoms with E-state index in [0.717, 1.165) is 0 Å². The Bertz CT molecular complexity index is 460. The van der Waals surface area contributed by atoms with Crippen molar-refractivity contribution in [2.75, 3.05) is 32.8 Å². The van der Waals surface area contributed by atoms with Crippen molar-refractivity contribution in [3.63, 3.8) is 0 Å². The van der Waals surface area contributed by atoms with Crippen LogP contribution in [0.15, 0.2) is 24.3 Å². The van der Waals surface area contributed by atoms with Crippen LogP contribution >= 0.6 is 0 Å². The quantitative estimate of drug-likeness (QED) is 0.839. The molecule has 2 N–H and O–H groups in total. The van der Waals surface area contributed by atoms with E-state index in [9.17, 15) is 14.3 Å². The Morgan fingerprint density at radius 1 is 1.38 bits per heavy atom. The standard InChI is InChI=1S/C15H21FN2O3/c1-11(15(20)18-6-8-21-9-7-18)17-10-14(19)12-2-4-13(16)5-3-12/h2-5,11,14,17,19H,6-10H2,1H3. The van der Waals surface area contributed by atoms with Gasteiger partial charge in [0, 0.05) is 19.6 Å². The van der Waals surface area contributed by atoms with Gasteiger partial charge >= 0.3 is 0 Å². The third kappa shape index (κ3) is 4.49. The van der Waals surface area contributed by atoms with Gasteiger partial charge in [0.25, 0.3) is 0 Å². The molecule has 21 heavy (non-hydrogen) atoms. The summed E-state index contributed by atoms with van der Waals surface area (Å²) in [6.45, 7) is 4.35. The van der Waals surface area contributed by atoms with Gasteiger partial charge in [-0.15, -0.1) is 0 Å². The van der Waals surface area contributed by atoms with Crippen molar-refractivity contribution in [1.29, 1.82) is 0 Å². The van der Waals surface area contributed by atoms with E-state index in [1.807, 2.05) is 0 Å². The fourth-order valence-electron chi connectivity index (χ4n) is 2.24. The number of carbonyl (C=O) groups excluding carboxylic acids is 1. The van der Waals surface area contributed by atoms with Gasteiger partial charge < -0.3 is 20.1 Å². The van der Waals surface area contributed by atoms with Crippen LogP contribution < -0.4 is 5.32 Å². The van der Waals surface area contributed by atoms with Crippen molar-refractivity contribution in [2.45, 2.75) is 19.1 Å². The zero-order valence-electron chi connectivity index (χ0n) is 12.1. The lowest BCUT2D eigenvalue weighted by Gasteiger charge is -2.29. The fourth-order valence-corrected chi connectivity index (χ4v) is 2.24. The highest BCUT2D eigenvalue weighted by molar-refractivity contribution is 5.81. The Labute approximate surface area is 123 Å². The largest absolute Gasteiger partial charge is 0.387 e. The average Bonchev–Trinajstić information content (AvgIpc) is 2.53. The van der Waals surface area contributed by atoms with E-state index >= 15 is 0 Å². The molecule has 0 saturated carbocycles. The molecule has 5 nitrogen and oxygen atoms in total. The van der Waals surface area contributed by atoms with Crippen LogP contribution in [-0.4, -0.2) is 54.8 Å².